The molecule has 0 radical (unpaired) electrons. The standard InChI is InChI=1S/C24H29N7O/c1-3-5-6-8-20-17-30(15-4-2)24(32)31(20)16-18-10-12-19(13-11-18)22-21(9-7-14-25-22)23-26-28-29-27-23/h7,9-14,17H,3-6,8,15-16H2,1-2H3,(H,26,27,28,29). The van der Waals surface area contributed by atoms with E-state index < -0.39 is 0 Å². The van der Waals surface area contributed by atoms with Crippen LogP contribution in [0.5, 0.6) is 0 Å². The Bertz CT molecular complexity index is 1190. The summed E-state index contributed by atoms with van der Waals surface area (Å²) in [7, 11) is 0. The lowest BCUT2D eigenvalue weighted by molar-refractivity contribution is 0.615. The van der Waals surface area contributed by atoms with Crippen LogP contribution in [0.3, 0.4) is 0 Å². The molecule has 0 spiro atoms. The number of aromatic nitrogens is 7. The number of rotatable bonds is 10. The van der Waals surface area contributed by atoms with Crippen molar-refractivity contribution in [1.82, 2.24) is 34.7 Å². The lowest BCUT2D eigenvalue weighted by atomic mass is 10.0. The number of imidazole rings is 1. The molecule has 0 amide bonds. The first kappa shape index (κ1) is 21.7. The molecule has 8 heteroatoms. The fourth-order valence-electron chi connectivity index (χ4n) is 3.96. The van der Waals surface area contributed by atoms with E-state index in [-0.39, 0.29) is 5.69 Å². The van der Waals surface area contributed by atoms with Crippen molar-refractivity contribution in [3.63, 3.8) is 0 Å². The van der Waals surface area contributed by atoms with Gasteiger partial charge in [-0.1, -0.05) is 51.0 Å². The maximum absolute atomic E-state index is 13.0. The number of pyridine rings is 1. The molecule has 0 unspecified atom stereocenters. The Labute approximate surface area is 187 Å². The smallest absolute Gasteiger partial charge is 0.299 e. The second-order valence-electron chi connectivity index (χ2n) is 7.99. The van der Waals surface area contributed by atoms with E-state index in [0.29, 0.717) is 12.4 Å². The van der Waals surface area contributed by atoms with E-state index in [9.17, 15) is 4.79 Å². The Morgan fingerprint density at radius 2 is 1.88 bits per heavy atom. The summed E-state index contributed by atoms with van der Waals surface area (Å²) < 4.78 is 3.77. The quantitative estimate of drug-likeness (QED) is 0.382. The Morgan fingerprint density at radius 1 is 1.03 bits per heavy atom. The third-order valence-corrected chi connectivity index (χ3v) is 5.61. The predicted molar refractivity (Wildman–Crippen MR) is 124 cm³/mol. The number of H-pyrrole nitrogens is 1. The highest BCUT2D eigenvalue weighted by molar-refractivity contribution is 5.76. The third-order valence-electron chi connectivity index (χ3n) is 5.61. The lowest BCUT2D eigenvalue weighted by Gasteiger charge is -2.09. The molecule has 1 N–H and O–H groups in total. The largest absolute Gasteiger partial charge is 0.328 e. The number of tetrazole rings is 1. The first-order valence-corrected chi connectivity index (χ1v) is 11.3. The maximum Gasteiger partial charge on any atom is 0.328 e. The van der Waals surface area contributed by atoms with Crippen molar-refractivity contribution in [1.29, 1.82) is 0 Å². The van der Waals surface area contributed by atoms with Crippen LogP contribution >= 0.6 is 0 Å². The minimum Gasteiger partial charge on any atom is -0.299 e. The molecular weight excluding hydrogens is 402 g/mol. The maximum atomic E-state index is 13.0. The third kappa shape index (κ3) is 4.69. The topological polar surface area (TPSA) is 94.3 Å². The van der Waals surface area contributed by atoms with Gasteiger partial charge in [0.15, 0.2) is 5.82 Å². The molecule has 0 aliphatic heterocycles. The molecule has 166 valence electrons. The van der Waals surface area contributed by atoms with Gasteiger partial charge in [0.25, 0.3) is 0 Å². The van der Waals surface area contributed by atoms with E-state index in [4.69, 9.17) is 0 Å². The summed E-state index contributed by atoms with van der Waals surface area (Å²) in [6.45, 7) is 5.62. The van der Waals surface area contributed by atoms with Crippen LogP contribution in [-0.4, -0.2) is 34.7 Å². The number of nitrogens with zero attached hydrogens (tertiary/aromatic N) is 6. The van der Waals surface area contributed by atoms with Crippen LogP contribution in [-0.2, 0) is 19.5 Å². The zero-order valence-corrected chi connectivity index (χ0v) is 18.7. The van der Waals surface area contributed by atoms with Gasteiger partial charge in [-0.15, -0.1) is 5.10 Å². The predicted octanol–water partition coefficient (Wildman–Crippen LogP) is 4.08. The zero-order chi connectivity index (χ0) is 22.3. The van der Waals surface area contributed by atoms with Gasteiger partial charge in [-0.05, 0) is 47.4 Å². The SMILES string of the molecule is CCCCCc1cn(CCC)c(=O)n1Cc1ccc(-c2ncccc2-c2nnn[nH]2)cc1. The highest BCUT2D eigenvalue weighted by Crippen LogP contribution is 2.27. The Balaban J connectivity index is 1.59. The van der Waals surface area contributed by atoms with E-state index in [1.54, 1.807) is 6.20 Å². The summed E-state index contributed by atoms with van der Waals surface area (Å²) in [6.07, 6.45) is 9.12. The molecule has 3 heterocycles. The van der Waals surface area contributed by atoms with Gasteiger partial charge in [0.1, 0.15) is 0 Å². The van der Waals surface area contributed by atoms with Crippen LogP contribution < -0.4 is 5.69 Å². The van der Waals surface area contributed by atoms with Crippen LogP contribution in [0.1, 0.15) is 50.8 Å². The molecule has 32 heavy (non-hydrogen) atoms. The van der Waals surface area contributed by atoms with E-state index in [1.165, 1.54) is 12.8 Å². The Morgan fingerprint density at radius 3 is 2.59 bits per heavy atom. The van der Waals surface area contributed by atoms with Gasteiger partial charge in [0.2, 0.25) is 0 Å². The summed E-state index contributed by atoms with van der Waals surface area (Å²) >= 11 is 0. The number of benzene rings is 1. The van der Waals surface area contributed by atoms with Gasteiger partial charge in [0, 0.05) is 35.8 Å². The second-order valence-corrected chi connectivity index (χ2v) is 7.99. The van der Waals surface area contributed by atoms with Crippen molar-refractivity contribution in [2.45, 2.75) is 59.0 Å². The Kier molecular flexibility index (Phi) is 6.89. The number of unbranched alkanes of at least 4 members (excludes halogenated alkanes) is 2. The van der Waals surface area contributed by atoms with Gasteiger partial charge >= 0.3 is 5.69 Å². The van der Waals surface area contributed by atoms with Crippen LogP contribution in [0.4, 0.5) is 0 Å². The molecule has 0 fully saturated rings. The number of aryl methyl sites for hydroxylation is 2. The van der Waals surface area contributed by atoms with Crippen molar-refractivity contribution in [2.24, 2.45) is 0 Å². The number of nitrogens with one attached hydrogen (secondary N) is 1. The van der Waals surface area contributed by atoms with Crippen molar-refractivity contribution in [3.05, 3.63) is 70.5 Å². The van der Waals surface area contributed by atoms with E-state index in [1.807, 2.05) is 39.6 Å². The van der Waals surface area contributed by atoms with Crippen LogP contribution in [0.15, 0.2) is 53.6 Å². The normalized spacial score (nSPS) is 11.2. The average Bonchev–Trinajstić information content (AvgIpc) is 3.45. The van der Waals surface area contributed by atoms with Gasteiger partial charge in [-0.25, -0.2) is 9.89 Å². The first-order valence-electron chi connectivity index (χ1n) is 11.3. The van der Waals surface area contributed by atoms with E-state index >= 15 is 0 Å². The summed E-state index contributed by atoms with van der Waals surface area (Å²) in [5.41, 5.74) is 4.90. The molecule has 0 bridgehead atoms. The molecule has 4 rings (SSSR count). The minimum absolute atomic E-state index is 0.0762. The van der Waals surface area contributed by atoms with Crippen LogP contribution in [0.25, 0.3) is 22.6 Å². The molecule has 8 nitrogen and oxygen atoms in total. The zero-order valence-electron chi connectivity index (χ0n) is 18.7. The summed E-state index contributed by atoms with van der Waals surface area (Å²) in [4.78, 5) is 17.5. The van der Waals surface area contributed by atoms with Crippen molar-refractivity contribution >= 4 is 0 Å². The van der Waals surface area contributed by atoms with Crippen molar-refractivity contribution in [3.8, 4) is 22.6 Å². The molecule has 0 atom stereocenters. The number of hydrogen-bond donors (Lipinski definition) is 1. The molecule has 0 saturated carbocycles. The average molecular weight is 432 g/mol. The lowest BCUT2D eigenvalue weighted by Crippen LogP contribution is -2.25. The summed E-state index contributed by atoms with van der Waals surface area (Å²) in [6, 6.07) is 12.0. The van der Waals surface area contributed by atoms with Crippen molar-refractivity contribution < 1.29 is 0 Å². The molecule has 3 aromatic heterocycles. The molecule has 0 saturated heterocycles. The van der Waals surface area contributed by atoms with Crippen LogP contribution in [0.2, 0.25) is 0 Å². The van der Waals surface area contributed by atoms with Crippen LogP contribution in [0, 0.1) is 0 Å². The highest BCUT2D eigenvalue weighted by atomic mass is 16.1. The first-order chi connectivity index (χ1) is 15.7. The highest BCUT2D eigenvalue weighted by Gasteiger charge is 2.13. The van der Waals surface area contributed by atoms with Crippen molar-refractivity contribution in [2.75, 3.05) is 0 Å². The fourth-order valence-corrected chi connectivity index (χ4v) is 3.96. The fraction of sp³-hybridized carbons (Fsp3) is 0.375. The molecule has 0 aliphatic carbocycles. The molecular formula is C24H29N7O. The Hall–Kier alpha value is -3.55. The monoisotopic (exact) mass is 431 g/mol. The van der Waals surface area contributed by atoms with E-state index in [0.717, 1.165) is 53.9 Å². The molecule has 0 aliphatic rings. The number of hydrogen-bond acceptors (Lipinski definition) is 5. The molecule has 1 aromatic carbocycles. The van der Waals surface area contributed by atoms with Gasteiger partial charge in [0.05, 0.1) is 12.2 Å². The minimum atomic E-state index is 0.0762. The molecule has 4 aromatic rings. The van der Waals surface area contributed by atoms with Gasteiger partial charge < -0.3 is 0 Å². The summed E-state index contributed by atoms with van der Waals surface area (Å²) in [5.74, 6) is 0.581. The van der Waals surface area contributed by atoms with Gasteiger partial charge in [-0.2, -0.15) is 0 Å². The summed E-state index contributed by atoms with van der Waals surface area (Å²) in [5, 5.41) is 14.2. The second kappa shape index (κ2) is 10.2. The number of aromatic amines is 1. The van der Waals surface area contributed by atoms with Gasteiger partial charge in [-0.3, -0.25) is 14.1 Å². The van der Waals surface area contributed by atoms with E-state index in [2.05, 4.69) is 51.6 Å².